The lowest BCUT2D eigenvalue weighted by Gasteiger charge is -2.50. The van der Waals surface area contributed by atoms with Crippen LogP contribution < -0.4 is 0 Å². The molecule has 3 atom stereocenters. The summed E-state index contributed by atoms with van der Waals surface area (Å²) in [4.78, 5) is 30.7. The van der Waals surface area contributed by atoms with Crippen molar-refractivity contribution in [2.24, 2.45) is 0 Å². The Hall–Kier alpha value is -2.13. The van der Waals surface area contributed by atoms with Gasteiger partial charge in [0.05, 0.1) is 24.9 Å². The van der Waals surface area contributed by atoms with Crippen molar-refractivity contribution in [2.45, 2.75) is 63.4 Å². The zero-order chi connectivity index (χ0) is 20.7. The maximum absolute atomic E-state index is 13.0. The number of aryl methyl sites for hydroxylation is 1. The number of amides is 2. The van der Waals surface area contributed by atoms with E-state index in [0.29, 0.717) is 13.2 Å². The Morgan fingerprint density at radius 2 is 2.03 bits per heavy atom. The van der Waals surface area contributed by atoms with Gasteiger partial charge in [0.1, 0.15) is 13.2 Å². The fraction of sp³-hybridized carbons (Fsp3) is 0.762. The standard InChI is InChI=1S/C21H31N5O4/c1-2-25-13-16(11-22-25)12-23-5-8-30-21(15-23)9-17-3-4-18(10-21)26(17)19(27)14-24-6-7-29-20(24)28/h11,13,17-18H,2-10,12,14-15H2,1H3/t17-,18+,21?. The molecule has 9 heteroatoms. The zero-order valence-corrected chi connectivity index (χ0v) is 17.7. The first kappa shape index (κ1) is 19.8. The van der Waals surface area contributed by atoms with Gasteiger partial charge in [-0.15, -0.1) is 0 Å². The van der Waals surface area contributed by atoms with Gasteiger partial charge in [-0.2, -0.15) is 5.10 Å². The predicted octanol–water partition coefficient (Wildman–Crippen LogP) is 1.08. The van der Waals surface area contributed by atoms with E-state index in [4.69, 9.17) is 9.47 Å². The van der Waals surface area contributed by atoms with Gasteiger partial charge in [-0.3, -0.25) is 19.3 Å². The van der Waals surface area contributed by atoms with Crippen molar-refractivity contribution in [1.29, 1.82) is 0 Å². The first-order chi connectivity index (χ1) is 14.5. The van der Waals surface area contributed by atoms with Crippen LogP contribution in [-0.4, -0.2) is 93.6 Å². The number of piperidine rings is 1. The molecule has 164 valence electrons. The van der Waals surface area contributed by atoms with Gasteiger partial charge in [-0.25, -0.2) is 4.79 Å². The summed E-state index contributed by atoms with van der Waals surface area (Å²) in [5, 5.41) is 4.39. The second-order valence-corrected chi connectivity index (χ2v) is 9.08. The average Bonchev–Trinajstić information content (AvgIpc) is 3.41. The molecule has 1 spiro atoms. The Labute approximate surface area is 176 Å². The van der Waals surface area contributed by atoms with Crippen LogP contribution in [0.15, 0.2) is 12.4 Å². The summed E-state index contributed by atoms with van der Waals surface area (Å²) in [6.07, 6.45) is 7.51. The van der Waals surface area contributed by atoms with Gasteiger partial charge in [0.2, 0.25) is 5.91 Å². The fourth-order valence-electron chi connectivity index (χ4n) is 5.75. The first-order valence-corrected chi connectivity index (χ1v) is 11.2. The summed E-state index contributed by atoms with van der Waals surface area (Å²) in [5.41, 5.74) is 1.07. The van der Waals surface area contributed by atoms with E-state index >= 15 is 0 Å². The molecule has 1 unspecified atom stereocenters. The molecule has 0 N–H and O–H groups in total. The molecule has 0 aromatic carbocycles. The van der Waals surface area contributed by atoms with Crippen molar-refractivity contribution in [3.05, 3.63) is 18.0 Å². The van der Waals surface area contributed by atoms with Crippen LogP contribution in [0, 0.1) is 0 Å². The molecule has 9 nitrogen and oxygen atoms in total. The SMILES string of the molecule is CCn1cc(CN2CCOC3(C[C@H]4CC[C@@H](C3)N4C(=O)CN3CCOC3=O)C2)cn1. The molecule has 2 amide bonds. The average molecular weight is 418 g/mol. The first-order valence-electron chi connectivity index (χ1n) is 11.2. The van der Waals surface area contributed by atoms with Crippen molar-refractivity contribution in [2.75, 3.05) is 39.4 Å². The summed E-state index contributed by atoms with van der Waals surface area (Å²) >= 11 is 0. The minimum absolute atomic E-state index is 0.0517. The molecule has 0 radical (unpaired) electrons. The van der Waals surface area contributed by atoms with Crippen LogP contribution in [0.5, 0.6) is 0 Å². The Balaban J connectivity index is 1.23. The summed E-state index contributed by atoms with van der Waals surface area (Å²) in [6, 6.07) is 0.412. The molecule has 4 aliphatic heterocycles. The largest absolute Gasteiger partial charge is 0.448 e. The van der Waals surface area contributed by atoms with Gasteiger partial charge in [-0.05, 0) is 32.6 Å². The normalized spacial score (nSPS) is 31.6. The molecule has 5 heterocycles. The van der Waals surface area contributed by atoms with E-state index in [1.165, 1.54) is 10.5 Å². The number of morpholine rings is 1. The molecule has 2 bridgehead atoms. The van der Waals surface area contributed by atoms with Crippen LogP contribution in [0.25, 0.3) is 0 Å². The number of aromatic nitrogens is 2. The highest BCUT2D eigenvalue weighted by atomic mass is 16.6. The molecule has 4 saturated heterocycles. The second-order valence-electron chi connectivity index (χ2n) is 9.08. The van der Waals surface area contributed by atoms with Crippen molar-refractivity contribution < 1.29 is 19.1 Å². The molecular weight excluding hydrogens is 386 g/mol. The fourth-order valence-corrected chi connectivity index (χ4v) is 5.75. The molecule has 0 aliphatic carbocycles. The van der Waals surface area contributed by atoms with Gasteiger partial charge >= 0.3 is 6.09 Å². The molecule has 4 aliphatic rings. The van der Waals surface area contributed by atoms with Crippen LogP contribution in [0.4, 0.5) is 4.79 Å². The lowest BCUT2D eigenvalue weighted by molar-refractivity contribution is -0.163. The van der Waals surface area contributed by atoms with Crippen LogP contribution in [-0.2, 0) is 27.4 Å². The zero-order valence-electron chi connectivity index (χ0n) is 17.7. The number of hydrogen-bond acceptors (Lipinski definition) is 6. The molecule has 0 saturated carbocycles. The van der Waals surface area contributed by atoms with E-state index in [-0.39, 0.29) is 36.2 Å². The lowest BCUT2D eigenvalue weighted by Crippen LogP contribution is -2.61. The van der Waals surface area contributed by atoms with Crippen LogP contribution >= 0.6 is 0 Å². The molecular formula is C21H31N5O4. The number of hydrogen-bond donors (Lipinski definition) is 0. The van der Waals surface area contributed by atoms with Crippen LogP contribution in [0.2, 0.25) is 0 Å². The quantitative estimate of drug-likeness (QED) is 0.713. The van der Waals surface area contributed by atoms with Crippen LogP contribution in [0.1, 0.15) is 38.2 Å². The number of carbonyl (C=O) groups is 2. The summed E-state index contributed by atoms with van der Waals surface area (Å²) in [6.45, 7) is 7.44. The number of nitrogens with zero attached hydrogens (tertiary/aromatic N) is 5. The van der Waals surface area contributed by atoms with Gasteiger partial charge in [0.25, 0.3) is 0 Å². The monoisotopic (exact) mass is 417 g/mol. The maximum Gasteiger partial charge on any atom is 0.410 e. The minimum Gasteiger partial charge on any atom is -0.448 e. The van der Waals surface area contributed by atoms with Gasteiger partial charge in [0, 0.05) is 50.0 Å². The van der Waals surface area contributed by atoms with E-state index in [1.807, 2.05) is 15.8 Å². The predicted molar refractivity (Wildman–Crippen MR) is 108 cm³/mol. The Morgan fingerprint density at radius 3 is 2.70 bits per heavy atom. The number of cyclic esters (lactones) is 1. The van der Waals surface area contributed by atoms with Crippen molar-refractivity contribution >= 4 is 12.0 Å². The Morgan fingerprint density at radius 1 is 1.23 bits per heavy atom. The third kappa shape index (κ3) is 3.69. The van der Waals surface area contributed by atoms with Gasteiger partial charge in [-0.1, -0.05) is 0 Å². The van der Waals surface area contributed by atoms with E-state index in [2.05, 4.69) is 23.1 Å². The highest BCUT2D eigenvalue weighted by molar-refractivity contribution is 5.83. The molecule has 5 rings (SSSR count). The molecule has 1 aromatic rings. The molecule has 1 aromatic heterocycles. The van der Waals surface area contributed by atoms with E-state index < -0.39 is 0 Å². The summed E-state index contributed by atoms with van der Waals surface area (Å²) in [7, 11) is 0. The molecule has 4 fully saturated rings. The smallest absolute Gasteiger partial charge is 0.410 e. The number of carbonyl (C=O) groups excluding carboxylic acids is 2. The third-order valence-electron chi connectivity index (χ3n) is 7.04. The highest BCUT2D eigenvalue weighted by Crippen LogP contribution is 2.44. The van der Waals surface area contributed by atoms with Crippen molar-refractivity contribution in [3.8, 4) is 0 Å². The van der Waals surface area contributed by atoms with Gasteiger partial charge in [0.15, 0.2) is 0 Å². The summed E-state index contributed by atoms with van der Waals surface area (Å²) in [5.74, 6) is 0.0517. The maximum atomic E-state index is 13.0. The lowest BCUT2D eigenvalue weighted by atomic mass is 9.84. The van der Waals surface area contributed by atoms with E-state index in [1.54, 1.807) is 0 Å². The summed E-state index contributed by atoms with van der Waals surface area (Å²) < 4.78 is 13.3. The Kier molecular flexibility index (Phi) is 5.18. The van der Waals surface area contributed by atoms with E-state index in [9.17, 15) is 9.59 Å². The van der Waals surface area contributed by atoms with Crippen molar-refractivity contribution in [1.82, 2.24) is 24.5 Å². The second kappa shape index (κ2) is 7.85. The molecule has 30 heavy (non-hydrogen) atoms. The van der Waals surface area contributed by atoms with Gasteiger partial charge < -0.3 is 14.4 Å². The number of fused-ring (bicyclic) bond motifs is 2. The van der Waals surface area contributed by atoms with Crippen LogP contribution in [0.3, 0.4) is 0 Å². The topological polar surface area (TPSA) is 80.1 Å². The number of rotatable bonds is 5. The third-order valence-corrected chi connectivity index (χ3v) is 7.04. The van der Waals surface area contributed by atoms with E-state index in [0.717, 1.165) is 58.5 Å². The highest BCUT2D eigenvalue weighted by Gasteiger charge is 2.52. The Bertz CT molecular complexity index is 797. The van der Waals surface area contributed by atoms with Crippen molar-refractivity contribution in [3.63, 3.8) is 0 Å². The minimum atomic E-state index is -0.373. The number of ether oxygens (including phenoxy) is 2.